The topological polar surface area (TPSA) is 47.6 Å². The van der Waals surface area contributed by atoms with Crippen molar-refractivity contribution in [2.45, 2.75) is 6.42 Å². The highest BCUT2D eigenvalue weighted by atomic mass is 16.5. The maximum absolute atomic E-state index is 11.5. The molecule has 4 heteroatoms. The summed E-state index contributed by atoms with van der Waals surface area (Å²) in [4.78, 5) is 11.5. The first kappa shape index (κ1) is 13.1. The van der Waals surface area contributed by atoms with Gasteiger partial charge in [0.15, 0.2) is 11.5 Å². The van der Waals surface area contributed by atoms with E-state index >= 15 is 0 Å². The molecule has 0 unspecified atom stereocenters. The summed E-state index contributed by atoms with van der Waals surface area (Å²) in [7, 11) is 3.15. The fourth-order valence-electron chi connectivity index (χ4n) is 1.42. The summed E-state index contributed by atoms with van der Waals surface area (Å²) < 4.78 is 10.3. The van der Waals surface area contributed by atoms with Crippen LogP contribution in [0.25, 0.3) is 0 Å². The van der Waals surface area contributed by atoms with Gasteiger partial charge in [0.25, 0.3) is 0 Å². The molecule has 1 rings (SSSR count). The number of hydrogen-bond donors (Lipinski definition) is 1. The van der Waals surface area contributed by atoms with Crippen LogP contribution in [0, 0.1) is 0 Å². The lowest BCUT2D eigenvalue weighted by atomic mass is 10.1. The van der Waals surface area contributed by atoms with Gasteiger partial charge in [0.05, 0.1) is 20.6 Å². The van der Waals surface area contributed by atoms with E-state index in [9.17, 15) is 4.79 Å². The molecule has 0 heterocycles. The summed E-state index contributed by atoms with van der Waals surface area (Å²) in [5.41, 5.74) is 0.879. The summed E-state index contributed by atoms with van der Waals surface area (Å²) in [6, 6.07) is 5.43. The summed E-state index contributed by atoms with van der Waals surface area (Å²) in [6.07, 6.45) is 1.96. The van der Waals surface area contributed by atoms with Crippen molar-refractivity contribution in [2.24, 2.45) is 0 Å². The summed E-state index contributed by atoms with van der Waals surface area (Å²) in [6.45, 7) is 4.02. The second-order valence-corrected chi connectivity index (χ2v) is 3.46. The smallest absolute Gasteiger partial charge is 0.224 e. The third-order valence-corrected chi connectivity index (χ3v) is 2.26. The Morgan fingerprint density at radius 3 is 2.65 bits per heavy atom. The van der Waals surface area contributed by atoms with Crippen molar-refractivity contribution in [3.63, 3.8) is 0 Å². The Kier molecular flexibility index (Phi) is 5.07. The van der Waals surface area contributed by atoms with Gasteiger partial charge in [0.1, 0.15) is 0 Å². The molecular weight excluding hydrogens is 218 g/mol. The second-order valence-electron chi connectivity index (χ2n) is 3.46. The van der Waals surface area contributed by atoms with Gasteiger partial charge < -0.3 is 14.8 Å². The van der Waals surface area contributed by atoms with Crippen LogP contribution in [0.1, 0.15) is 5.56 Å². The monoisotopic (exact) mass is 235 g/mol. The zero-order chi connectivity index (χ0) is 12.7. The molecule has 1 aromatic rings. The minimum Gasteiger partial charge on any atom is -0.493 e. The van der Waals surface area contributed by atoms with Crippen LogP contribution in [0.2, 0.25) is 0 Å². The summed E-state index contributed by atoms with van der Waals surface area (Å²) in [5.74, 6) is 1.24. The molecule has 0 radical (unpaired) electrons. The number of nitrogens with one attached hydrogen (secondary N) is 1. The number of rotatable bonds is 6. The first-order valence-electron chi connectivity index (χ1n) is 5.29. The number of carbonyl (C=O) groups excluding carboxylic acids is 1. The molecule has 0 saturated carbocycles. The summed E-state index contributed by atoms with van der Waals surface area (Å²) in [5, 5.41) is 2.72. The number of carbonyl (C=O) groups is 1. The SMILES string of the molecule is C=CCNC(=O)Cc1ccc(OC)c(OC)c1. The van der Waals surface area contributed by atoms with Gasteiger partial charge in [-0.2, -0.15) is 0 Å². The van der Waals surface area contributed by atoms with E-state index in [1.165, 1.54) is 0 Å². The largest absolute Gasteiger partial charge is 0.493 e. The average Bonchev–Trinajstić information content (AvgIpc) is 2.36. The highest BCUT2D eigenvalue weighted by Crippen LogP contribution is 2.27. The van der Waals surface area contributed by atoms with Crippen LogP contribution < -0.4 is 14.8 Å². The molecule has 0 aliphatic rings. The molecule has 0 aliphatic carbocycles. The van der Waals surface area contributed by atoms with E-state index < -0.39 is 0 Å². The summed E-state index contributed by atoms with van der Waals surface area (Å²) >= 11 is 0. The number of benzene rings is 1. The van der Waals surface area contributed by atoms with Crippen molar-refractivity contribution in [1.29, 1.82) is 0 Å². The van der Waals surface area contributed by atoms with E-state index in [2.05, 4.69) is 11.9 Å². The molecule has 92 valence electrons. The van der Waals surface area contributed by atoms with Gasteiger partial charge in [-0.3, -0.25) is 4.79 Å². The predicted octanol–water partition coefficient (Wildman–Crippen LogP) is 1.55. The second kappa shape index (κ2) is 6.58. The van der Waals surface area contributed by atoms with Crippen LogP contribution >= 0.6 is 0 Å². The molecule has 0 saturated heterocycles. The predicted molar refractivity (Wildman–Crippen MR) is 66.5 cm³/mol. The maximum Gasteiger partial charge on any atom is 0.224 e. The molecule has 1 N–H and O–H groups in total. The van der Waals surface area contributed by atoms with Gasteiger partial charge in [-0.05, 0) is 17.7 Å². The molecule has 1 amide bonds. The lowest BCUT2D eigenvalue weighted by Gasteiger charge is -2.09. The quantitative estimate of drug-likeness (QED) is 0.761. The minimum absolute atomic E-state index is 0.0443. The van der Waals surface area contributed by atoms with Crippen molar-refractivity contribution in [3.05, 3.63) is 36.4 Å². The van der Waals surface area contributed by atoms with Crippen molar-refractivity contribution >= 4 is 5.91 Å². The molecule has 0 aromatic heterocycles. The van der Waals surface area contributed by atoms with Gasteiger partial charge in [-0.25, -0.2) is 0 Å². The van der Waals surface area contributed by atoms with Gasteiger partial charge >= 0.3 is 0 Å². The van der Waals surface area contributed by atoms with Crippen LogP contribution in [0.4, 0.5) is 0 Å². The molecule has 0 spiro atoms. The van der Waals surface area contributed by atoms with Gasteiger partial charge in [-0.15, -0.1) is 6.58 Å². The number of hydrogen-bond acceptors (Lipinski definition) is 3. The standard InChI is InChI=1S/C13H17NO3/c1-4-7-14-13(15)9-10-5-6-11(16-2)12(8-10)17-3/h4-6,8H,1,7,9H2,2-3H3,(H,14,15). The minimum atomic E-state index is -0.0443. The Balaban J connectivity index is 2.71. The third-order valence-electron chi connectivity index (χ3n) is 2.26. The molecule has 1 aromatic carbocycles. The Hall–Kier alpha value is -1.97. The van der Waals surface area contributed by atoms with Crippen LogP contribution in [-0.2, 0) is 11.2 Å². The zero-order valence-corrected chi connectivity index (χ0v) is 10.2. The van der Waals surface area contributed by atoms with E-state index in [0.29, 0.717) is 24.5 Å². The van der Waals surface area contributed by atoms with E-state index in [1.54, 1.807) is 32.4 Å². The zero-order valence-electron chi connectivity index (χ0n) is 10.2. The molecule has 0 fully saturated rings. The lowest BCUT2D eigenvalue weighted by Crippen LogP contribution is -2.24. The first-order valence-corrected chi connectivity index (χ1v) is 5.29. The van der Waals surface area contributed by atoms with Crippen molar-refractivity contribution < 1.29 is 14.3 Å². The Bertz CT molecular complexity index is 402. The molecule has 4 nitrogen and oxygen atoms in total. The van der Waals surface area contributed by atoms with Crippen molar-refractivity contribution in [2.75, 3.05) is 20.8 Å². The molecule has 0 atom stereocenters. The van der Waals surface area contributed by atoms with E-state index in [4.69, 9.17) is 9.47 Å². The highest BCUT2D eigenvalue weighted by molar-refractivity contribution is 5.78. The molecule has 0 bridgehead atoms. The van der Waals surface area contributed by atoms with Gasteiger partial charge in [-0.1, -0.05) is 12.1 Å². The number of ether oxygens (including phenoxy) is 2. The maximum atomic E-state index is 11.5. The third kappa shape index (κ3) is 3.83. The van der Waals surface area contributed by atoms with E-state index in [0.717, 1.165) is 5.56 Å². The fourth-order valence-corrected chi connectivity index (χ4v) is 1.42. The Morgan fingerprint density at radius 1 is 1.35 bits per heavy atom. The fraction of sp³-hybridized carbons (Fsp3) is 0.308. The number of amides is 1. The van der Waals surface area contributed by atoms with Gasteiger partial charge in [0, 0.05) is 6.54 Å². The average molecular weight is 235 g/mol. The Morgan fingerprint density at radius 2 is 2.06 bits per heavy atom. The van der Waals surface area contributed by atoms with E-state index in [1.807, 2.05) is 6.07 Å². The molecule has 0 aliphatic heterocycles. The molecular formula is C13H17NO3. The van der Waals surface area contributed by atoms with Crippen LogP contribution in [0.5, 0.6) is 11.5 Å². The number of methoxy groups -OCH3 is 2. The Labute approximate surface area is 101 Å². The first-order chi connectivity index (χ1) is 8.21. The van der Waals surface area contributed by atoms with Crippen LogP contribution in [0.15, 0.2) is 30.9 Å². The van der Waals surface area contributed by atoms with Gasteiger partial charge in [0.2, 0.25) is 5.91 Å². The highest BCUT2D eigenvalue weighted by Gasteiger charge is 2.07. The van der Waals surface area contributed by atoms with Crippen molar-refractivity contribution in [1.82, 2.24) is 5.32 Å². The van der Waals surface area contributed by atoms with Crippen LogP contribution in [-0.4, -0.2) is 26.7 Å². The van der Waals surface area contributed by atoms with Crippen LogP contribution in [0.3, 0.4) is 0 Å². The molecule has 17 heavy (non-hydrogen) atoms. The van der Waals surface area contributed by atoms with Crippen molar-refractivity contribution in [3.8, 4) is 11.5 Å². The van der Waals surface area contributed by atoms with E-state index in [-0.39, 0.29) is 5.91 Å². The normalized spacial score (nSPS) is 9.53. The lowest BCUT2D eigenvalue weighted by molar-refractivity contribution is -0.120.